The number of nitrogens with one attached hydrogen (secondary N) is 1. The summed E-state index contributed by atoms with van der Waals surface area (Å²) in [6, 6.07) is -0.636. The molecule has 0 aliphatic heterocycles. The van der Waals surface area contributed by atoms with Crippen LogP contribution >= 0.6 is 0 Å². The van der Waals surface area contributed by atoms with Crippen molar-refractivity contribution in [3.8, 4) is 0 Å². The van der Waals surface area contributed by atoms with Crippen molar-refractivity contribution < 1.29 is 15.0 Å². The van der Waals surface area contributed by atoms with Crippen molar-refractivity contribution in [2.45, 2.75) is 231 Å². The Morgan fingerprint density at radius 2 is 0.846 bits per heavy atom. The van der Waals surface area contributed by atoms with Gasteiger partial charge >= 0.3 is 0 Å². The van der Waals surface area contributed by atoms with Gasteiger partial charge in [-0.1, -0.05) is 209 Å². The van der Waals surface area contributed by atoms with Crippen molar-refractivity contribution in [1.29, 1.82) is 0 Å². The highest BCUT2D eigenvalue weighted by Crippen LogP contribution is 2.15. The second kappa shape index (κ2) is 43.5. The van der Waals surface area contributed by atoms with E-state index >= 15 is 0 Å². The van der Waals surface area contributed by atoms with Crippen LogP contribution in [0.1, 0.15) is 219 Å². The molecule has 0 aromatic heterocycles. The topological polar surface area (TPSA) is 69.6 Å². The Hall–Kier alpha value is -1.91. The van der Waals surface area contributed by atoms with Gasteiger partial charge in [-0.2, -0.15) is 0 Å². The molecular formula is C48H87NO3. The minimum absolute atomic E-state index is 0.0791. The lowest BCUT2D eigenvalue weighted by Crippen LogP contribution is -2.45. The number of hydrogen-bond donors (Lipinski definition) is 3. The van der Waals surface area contributed by atoms with Crippen molar-refractivity contribution in [2.75, 3.05) is 6.61 Å². The summed E-state index contributed by atoms with van der Waals surface area (Å²) in [6.07, 6.45) is 60.9. The first-order valence-corrected chi connectivity index (χ1v) is 22.5. The minimum Gasteiger partial charge on any atom is -0.394 e. The predicted octanol–water partition coefficient (Wildman–Crippen LogP) is 14.1. The van der Waals surface area contributed by atoms with Crippen molar-refractivity contribution in [1.82, 2.24) is 5.32 Å². The fourth-order valence-corrected chi connectivity index (χ4v) is 6.50. The van der Waals surface area contributed by atoms with Gasteiger partial charge in [0.1, 0.15) is 0 Å². The average Bonchev–Trinajstić information content (AvgIpc) is 3.15. The Kier molecular flexibility index (Phi) is 41.9. The van der Waals surface area contributed by atoms with Gasteiger partial charge in [0.15, 0.2) is 0 Å². The molecule has 0 radical (unpaired) electrons. The van der Waals surface area contributed by atoms with Crippen molar-refractivity contribution >= 4 is 5.91 Å². The van der Waals surface area contributed by atoms with Gasteiger partial charge in [0, 0.05) is 6.42 Å². The van der Waals surface area contributed by atoms with Crippen LogP contribution in [0.2, 0.25) is 0 Å². The second-order valence-corrected chi connectivity index (χ2v) is 15.1. The zero-order valence-electron chi connectivity index (χ0n) is 34.6. The SMILES string of the molecule is CCC/C=C/CC/C=C/C(O)C(CO)NC(=O)CCCCCCCCCCCCCCCCCCCC/C=C\C/C=C\C/C=C\CCCCCCC. The number of hydrogen-bond acceptors (Lipinski definition) is 3. The van der Waals surface area contributed by atoms with Gasteiger partial charge in [-0.3, -0.25) is 4.79 Å². The summed E-state index contributed by atoms with van der Waals surface area (Å²) in [7, 11) is 0. The molecule has 1 amide bonds. The quantitative estimate of drug-likeness (QED) is 0.0435. The number of carbonyl (C=O) groups excluding carboxylic acids is 1. The van der Waals surface area contributed by atoms with Crippen molar-refractivity contribution in [3.05, 3.63) is 60.8 Å². The molecule has 0 rings (SSSR count). The summed E-state index contributed by atoms with van der Waals surface area (Å²) < 4.78 is 0. The molecule has 0 spiro atoms. The van der Waals surface area contributed by atoms with Crippen LogP contribution in [0.5, 0.6) is 0 Å². The van der Waals surface area contributed by atoms with E-state index in [1.165, 1.54) is 148 Å². The number of aliphatic hydroxyl groups excluding tert-OH is 2. The average molecular weight is 726 g/mol. The smallest absolute Gasteiger partial charge is 0.220 e. The van der Waals surface area contributed by atoms with Crippen molar-refractivity contribution in [2.24, 2.45) is 0 Å². The van der Waals surface area contributed by atoms with Gasteiger partial charge in [0.25, 0.3) is 0 Å². The first-order chi connectivity index (χ1) is 25.7. The fraction of sp³-hybridized carbons (Fsp3) is 0.771. The third-order valence-corrected chi connectivity index (χ3v) is 9.95. The van der Waals surface area contributed by atoms with E-state index in [0.717, 1.165) is 51.4 Å². The molecule has 0 bridgehead atoms. The summed E-state index contributed by atoms with van der Waals surface area (Å²) in [6.45, 7) is 4.18. The molecule has 4 heteroatoms. The maximum absolute atomic E-state index is 12.3. The molecule has 302 valence electrons. The molecule has 52 heavy (non-hydrogen) atoms. The molecule has 0 aromatic rings. The molecule has 0 saturated heterocycles. The lowest BCUT2D eigenvalue weighted by atomic mass is 10.0. The summed E-state index contributed by atoms with van der Waals surface area (Å²) in [5, 5.41) is 22.7. The van der Waals surface area contributed by atoms with Gasteiger partial charge in [-0.25, -0.2) is 0 Å². The summed E-state index contributed by atoms with van der Waals surface area (Å²) in [4.78, 5) is 12.3. The lowest BCUT2D eigenvalue weighted by molar-refractivity contribution is -0.123. The van der Waals surface area contributed by atoms with Crippen LogP contribution in [0, 0.1) is 0 Å². The molecule has 2 unspecified atom stereocenters. The van der Waals surface area contributed by atoms with Crippen LogP contribution < -0.4 is 5.32 Å². The van der Waals surface area contributed by atoms with E-state index in [-0.39, 0.29) is 12.5 Å². The number of unbranched alkanes of at least 4 members (excludes halogenated alkanes) is 25. The molecule has 0 aliphatic rings. The number of aliphatic hydroxyl groups is 2. The summed E-state index contributed by atoms with van der Waals surface area (Å²) in [5.74, 6) is -0.0791. The Morgan fingerprint density at radius 3 is 1.31 bits per heavy atom. The third kappa shape index (κ3) is 39.3. The molecule has 0 aliphatic carbocycles. The Balaban J connectivity index is 3.42. The predicted molar refractivity (Wildman–Crippen MR) is 230 cm³/mol. The zero-order valence-corrected chi connectivity index (χ0v) is 34.6. The van der Waals surface area contributed by atoms with Gasteiger partial charge < -0.3 is 15.5 Å². The molecule has 0 fully saturated rings. The monoisotopic (exact) mass is 726 g/mol. The molecule has 2 atom stereocenters. The largest absolute Gasteiger partial charge is 0.394 e. The van der Waals surface area contributed by atoms with Gasteiger partial charge in [-0.05, 0) is 64.2 Å². The highest BCUT2D eigenvalue weighted by molar-refractivity contribution is 5.76. The summed E-state index contributed by atoms with van der Waals surface area (Å²) in [5.41, 5.74) is 0. The van der Waals surface area contributed by atoms with Crippen LogP contribution in [0.4, 0.5) is 0 Å². The highest BCUT2D eigenvalue weighted by atomic mass is 16.3. The zero-order chi connectivity index (χ0) is 37.8. The van der Waals surface area contributed by atoms with E-state index in [2.05, 4.69) is 67.8 Å². The molecule has 0 heterocycles. The standard InChI is InChI=1S/C48H87NO3/c1-3-5-7-9-11-12-13-14-15-16-17-18-19-20-21-22-23-24-25-26-27-28-29-30-31-32-33-34-35-36-38-40-42-44-48(52)49-46(45-50)47(51)43-41-39-37-10-8-6-4-2/h8,10,13-14,16-17,19-20,41,43,46-47,50-51H,3-7,9,11-12,15,18,21-40,42,44-45H2,1-2H3,(H,49,52)/b10-8+,14-13-,17-16-,20-19-,43-41+. The number of carbonyl (C=O) groups is 1. The van der Waals surface area contributed by atoms with E-state index in [0.29, 0.717) is 6.42 Å². The maximum atomic E-state index is 12.3. The van der Waals surface area contributed by atoms with Crippen molar-refractivity contribution in [3.63, 3.8) is 0 Å². The van der Waals surface area contributed by atoms with Gasteiger partial charge in [0.05, 0.1) is 18.8 Å². The first kappa shape index (κ1) is 50.1. The Labute approximate surface area is 324 Å². The van der Waals surface area contributed by atoms with Crippen LogP contribution in [-0.4, -0.2) is 34.9 Å². The second-order valence-electron chi connectivity index (χ2n) is 15.1. The Morgan fingerprint density at radius 1 is 0.462 bits per heavy atom. The maximum Gasteiger partial charge on any atom is 0.220 e. The summed E-state index contributed by atoms with van der Waals surface area (Å²) >= 11 is 0. The molecule has 3 N–H and O–H groups in total. The van der Waals surface area contributed by atoms with Crippen LogP contribution in [0.15, 0.2) is 60.8 Å². The van der Waals surface area contributed by atoms with E-state index in [1.54, 1.807) is 6.08 Å². The van der Waals surface area contributed by atoms with Crippen LogP contribution in [0.25, 0.3) is 0 Å². The number of amides is 1. The van der Waals surface area contributed by atoms with Gasteiger partial charge in [-0.15, -0.1) is 0 Å². The van der Waals surface area contributed by atoms with E-state index in [4.69, 9.17) is 0 Å². The first-order valence-electron chi connectivity index (χ1n) is 22.5. The fourth-order valence-electron chi connectivity index (χ4n) is 6.50. The Bertz CT molecular complexity index is 873. The van der Waals surface area contributed by atoms with E-state index in [1.807, 2.05) is 6.08 Å². The van der Waals surface area contributed by atoms with E-state index < -0.39 is 12.1 Å². The van der Waals surface area contributed by atoms with Gasteiger partial charge in [0.2, 0.25) is 5.91 Å². The lowest BCUT2D eigenvalue weighted by Gasteiger charge is -2.19. The minimum atomic E-state index is -0.859. The van der Waals surface area contributed by atoms with Crippen LogP contribution in [-0.2, 0) is 4.79 Å². The number of rotatable bonds is 40. The third-order valence-electron chi connectivity index (χ3n) is 9.95. The number of allylic oxidation sites excluding steroid dienone is 9. The molecular weight excluding hydrogens is 639 g/mol. The van der Waals surface area contributed by atoms with E-state index in [9.17, 15) is 15.0 Å². The normalized spacial score (nSPS) is 13.5. The molecule has 4 nitrogen and oxygen atoms in total. The highest BCUT2D eigenvalue weighted by Gasteiger charge is 2.17. The molecule has 0 aromatic carbocycles. The molecule has 0 saturated carbocycles. The van der Waals surface area contributed by atoms with Crippen LogP contribution in [0.3, 0.4) is 0 Å².